The topological polar surface area (TPSA) is 67.3 Å². The Hall–Kier alpha value is -2.67. The normalized spacial score (nSPS) is 12.5. The lowest BCUT2D eigenvalue weighted by atomic mass is 10.0. The van der Waals surface area contributed by atoms with Crippen LogP contribution in [0.1, 0.15) is 31.2 Å². The van der Waals surface area contributed by atoms with Gasteiger partial charge in [0.05, 0.1) is 25.1 Å². The van der Waals surface area contributed by atoms with E-state index in [0.29, 0.717) is 12.1 Å². The summed E-state index contributed by atoms with van der Waals surface area (Å²) in [4.78, 5) is 2.39. The zero-order valence-electron chi connectivity index (χ0n) is 16.6. The molecule has 3 rings (SSSR count). The van der Waals surface area contributed by atoms with Crippen LogP contribution in [0.2, 0.25) is 0 Å². The highest BCUT2D eigenvalue weighted by Crippen LogP contribution is 2.19. The van der Waals surface area contributed by atoms with E-state index in [1.165, 1.54) is 0 Å². The molecule has 0 fully saturated rings. The number of hydrogen-bond donors (Lipinski definition) is 1. The van der Waals surface area contributed by atoms with Crippen LogP contribution in [0, 0.1) is 6.92 Å². The first-order valence-electron chi connectivity index (χ1n) is 9.41. The van der Waals surface area contributed by atoms with Gasteiger partial charge in [-0.05, 0) is 30.5 Å². The summed E-state index contributed by atoms with van der Waals surface area (Å²) < 4.78 is 28.7. The molecule has 7 heteroatoms. The molecule has 0 aliphatic rings. The predicted molar refractivity (Wildman–Crippen MR) is 113 cm³/mol. The molecule has 0 spiro atoms. The van der Waals surface area contributed by atoms with Gasteiger partial charge in [0.15, 0.2) is 0 Å². The largest absolute Gasteiger partial charge is 0.253 e. The van der Waals surface area contributed by atoms with Crippen molar-refractivity contribution >= 4 is 26.5 Å². The SMILES string of the molecule is C/C(=N/NS(=O)(=O)CCCCn1cc[n+](C)c1C)c1cccc2ccccc12. The van der Waals surface area contributed by atoms with E-state index in [0.717, 1.165) is 35.1 Å². The number of nitrogens with one attached hydrogen (secondary N) is 1. The van der Waals surface area contributed by atoms with Crippen molar-refractivity contribution in [3.63, 3.8) is 0 Å². The minimum atomic E-state index is -3.45. The Morgan fingerprint density at radius 3 is 2.64 bits per heavy atom. The number of rotatable bonds is 8. The van der Waals surface area contributed by atoms with Gasteiger partial charge in [-0.25, -0.2) is 22.4 Å². The lowest BCUT2D eigenvalue weighted by Crippen LogP contribution is -2.29. The van der Waals surface area contributed by atoms with Gasteiger partial charge in [0.25, 0.3) is 5.82 Å². The number of hydrogen-bond acceptors (Lipinski definition) is 3. The Labute approximate surface area is 166 Å². The first-order chi connectivity index (χ1) is 13.4. The van der Waals surface area contributed by atoms with Crippen molar-refractivity contribution in [1.82, 2.24) is 9.40 Å². The molecule has 0 amide bonds. The number of benzene rings is 2. The fourth-order valence-corrected chi connectivity index (χ4v) is 4.15. The van der Waals surface area contributed by atoms with Crippen LogP contribution >= 0.6 is 0 Å². The van der Waals surface area contributed by atoms with Crippen molar-refractivity contribution in [1.29, 1.82) is 0 Å². The molecule has 0 unspecified atom stereocenters. The number of unbranched alkanes of at least 4 members (excludes halogenated alkanes) is 1. The number of hydrazone groups is 1. The molecule has 0 atom stereocenters. The number of imidazole rings is 1. The second kappa shape index (κ2) is 8.56. The van der Waals surface area contributed by atoms with Gasteiger partial charge in [0, 0.05) is 12.5 Å². The number of aryl methyl sites for hydroxylation is 2. The van der Waals surface area contributed by atoms with Crippen molar-refractivity contribution in [2.24, 2.45) is 12.1 Å². The van der Waals surface area contributed by atoms with E-state index in [1.54, 1.807) is 0 Å². The first-order valence-corrected chi connectivity index (χ1v) is 11.1. The van der Waals surface area contributed by atoms with Crippen LogP contribution in [-0.4, -0.2) is 24.4 Å². The van der Waals surface area contributed by atoms with E-state index >= 15 is 0 Å². The Morgan fingerprint density at radius 2 is 1.89 bits per heavy atom. The van der Waals surface area contributed by atoms with Gasteiger partial charge in [0.2, 0.25) is 10.0 Å². The summed E-state index contributed by atoms with van der Waals surface area (Å²) >= 11 is 0. The molecule has 28 heavy (non-hydrogen) atoms. The van der Waals surface area contributed by atoms with E-state index in [2.05, 4.69) is 14.5 Å². The molecule has 0 saturated carbocycles. The lowest BCUT2D eigenvalue weighted by molar-refractivity contribution is -0.677. The summed E-state index contributed by atoms with van der Waals surface area (Å²) in [7, 11) is -1.45. The van der Waals surface area contributed by atoms with E-state index in [1.807, 2.05) is 80.3 Å². The minimum Gasteiger partial charge on any atom is -0.237 e. The maximum Gasteiger partial charge on any atom is 0.253 e. The van der Waals surface area contributed by atoms with Gasteiger partial charge in [0.1, 0.15) is 12.4 Å². The Morgan fingerprint density at radius 1 is 1.14 bits per heavy atom. The van der Waals surface area contributed by atoms with Crippen molar-refractivity contribution in [3.05, 3.63) is 66.2 Å². The number of nitrogens with zero attached hydrogens (tertiary/aromatic N) is 3. The molecular weight excluding hydrogens is 372 g/mol. The monoisotopic (exact) mass is 399 g/mol. The molecule has 1 heterocycles. The lowest BCUT2D eigenvalue weighted by Gasteiger charge is -2.08. The molecule has 0 aliphatic carbocycles. The third kappa shape index (κ3) is 4.78. The molecule has 3 aromatic rings. The van der Waals surface area contributed by atoms with Gasteiger partial charge in [-0.3, -0.25) is 0 Å². The average molecular weight is 400 g/mol. The maximum atomic E-state index is 12.3. The molecule has 0 radical (unpaired) electrons. The molecule has 0 saturated heterocycles. The summed E-state index contributed by atoms with van der Waals surface area (Å²) in [5.41, 5.74) is 1.58. The second-order valence-electron chi connectivity index (χ2n) is 6.99. The van der Waals surface area contributed by atoms with Crippen LogP contribution in [-0.2, 0) is 23.6 Å². The van der Waals surface area contributed by atoms with Crippen LogP contribution in [0.3, 0.4) is 0 Å². The fraction of sp³-hybridized carbons (Fsp3) is 0.333. The van der Waals surface area contributed by atoms with E-state index < -0.39 is 10.0 Å². The number of fused-ring (bicyclic) bond motifs is 1. The molecule has 0 bridgehead atoms. The van der Waals surface area contributed by atoms with Gasteiger partial charge in [-0.2, -0.15) is 5.10 Å². The third-order valence-corrected chi connectivity index (χ3v) is 6.19. The second-order valence-corrected chi connectivity index (χ2v) is 8.81. The number of sulfonamides is 1. The zero-order valence-corrected chi connectivity index (χ0v) is 17.4. The van der Waals surface area contributed by atoms with Gasteiger partial charge in [-0.15, -0.1) is 0 Å². The van der Waals surface area contributed by atoms with Crippen LogP contribution in [0.5, 0.6) is 0 Å². The van der Waals surface area contributed by atoms with Gasteiger partial charge in [-0.1, -0.05) is 42.5 Å². The van der Waals surface area contributed by atoms with Crippen molar-refractivity contribution in [2.45, 2.75) is 33.2 Å². The quantitative estimate of drug-likeness (QED) is 0.274. The smallest absolute Gasteiger partial charge is 0.237 e. The average Bonchev–Trinajstić information content (AvgIpc) is 3.01. The number of aromatic nitrogens is 2. The van der Waals surface area contributed by atoms with Crippen LogP contribution in [0.4, 0.5) is 0 Å². The molecular formula is C21H27N4O2S+. The minimum absolute atomic E-state index is 0.0613. The first kappa shape index (κ1) is 20.1. The molecule has 1 N–H and O–H groups in total. The summed E-state index contributed by atoms with van der Waals surface area (Å²) in [5.74, 6) is 1.21. The zero-order chi connectivity index (χ0) is 20.1. The fourth-order valence-electron chi connectivity index (χ4n) is 3.19. The highest BCUT2D eigenvalue weighted by Gasteiger charge is 2.12. The van der Waals surface area contributed by atoms with Crippen molar-refractivity contribution in [3.8, 4) is 0 Å². The molecule has 0 aliphatic heterocycles. The van der Waals surface area contributed by atoms with Gasteiger partial charge >= 0.3 is 0 Å². The summed E-state index contributed by atoms with van der Waals surface area (Å²) in [5, 5.41) is 6.30. The van der Waals surface area contributed by atoms with Crippen LogP contribution < -0.4 is 9.40 Å². The Kier molecular flexibility index (Phi) is 6.14. The summed E-state index contributed by atoms with van der Waals surface area (Å²) in [6, 6.07) is 13.9. The van der Waals surface area contributed by atoms with Crippen molar-refractivity contribution < 1.29 is 13.0 Å². The van der Waals surface area contributed by atoms with E-state index in [-0.39, 0.29) is 5.75 Å². The molecule has 2 aromatic carbocycles. The van der Waals surface area contributed by atoms with E-state index in [4.69, 9.17) is 0 Å². The van der Waals surface area contributed by atoms with Crippen LogP contribution in [0.15, 0.2) is 60.0 Å². The molecule has 148 valence electrons. The maximum absolute atomic E-state index is 12.3. The van der Waals surface area contributed by atoms with Gasteiger partial charge < -0.3 is 0 Å². The van der Waals surface area contributed by atoms with Crippen molar-refractivity contribution in [2.75, 3.05) is 5.75 Å². The highest BCUT2D eigenvalue weighted by molar-refractivity contribution is 7.89. The van der Waals surface area contributed by atoms with E-state index in [9.17, 15) is 8.42 Å². The highest BCUT2D eigenvalue weighted by atomic mass is 32.2. The summed E-state index contributed by atoms with van der Waals surface area (Å²) in [6.45, 7) is 4.67. The predicted octanol–water partition coefficient (Wildman–Crippen LogP) is 2.90. The van der Waals surface area contributed by atoms with Crippen LogP contribution in [0.25, 0.3) is 10.8 Å². The third-order valence-electron chi connectivity index (χ3n) is 4.99. The summed E-state index contributed by atoms with van der Waals surface area (Å²) in [6.07, 6.45) is 5.39. The Bertz CT molecular complexity index is 1100. The Balaban J connectivity index is 1.58. The standard InChI is InChI=1S/C21H27N4O2S/c1-17(20-12-8-10-19-9-4-5-11-21(19)20)22-23-28(26,27)16-7-6-13-25-15-14-24(3)18(25)2/h4-5,8-12,14-15,23H,6-7,13,16H2,1-3H3/q+1/b22-17-. The molecule has 6 nitrogen and oxygen atoms in total. The molecule has 1 aromatic heterocycles.